The Morgan fingerprint density at radius 2 is 1.63 bits per heavy atom. The van der Waals surface area contributed by atoms with E-state index in [2.05, 4.69) is 10.3 Å². The van der Waals surface area contributed by atoms with E-state index in [-0.39, 0.29) is 18.3 Å². The van der Waals surface area contributed by atoms with Crippen LogP contribution in [0.3, 0.4) is 0 Å². The third kappa shape index (κ3) is 4.96. The van der Waals surface area contributed by atoms with Gasteiger partial charge in [-0.1, -0.05) is 0 Å². The SMILES string of the molecule is COc1cc(C(=O)NCc2ccnc(Oc3ccc(F)cc3)c2)cc(OC)c1OC. The molecule has 3 rings (SSSR count). The molecule has 156 valence electrons. The second-order valence-electron chi connectivity index (χ2n) is 6.16. The molecule has 0 bridgehead atoms. The van der Waals surface area contributed by atoms with Crippen molar-refractivity contribution < 1.29 is 28.1 Å². The van der Waals surface area contributed by atoms with Crippen LogP contribution in [-0.4, -0.2) is 32.2 Å². The molecule has 0 atom stereocenters. The number of carbonyl (C=O) groups is 1. The van der Waals surface area contributed by atoms with Crippen LogP contribution in [0.4, 0.5) is 4.39 Å². The molecule has 8 heteroatoms. The number of amides is 1. The molecule has 7 nitrogen and oxygen atoms in total. The zero-order chi connectivity index (χ0) is 21.5. The van der Waals surface area contributed by atoms with Gasteiger partial charge >= 0.3 is 0 Å². The summed E-state index contributed by atoms with van der Waals surface area (Å²) in [7, 11) is 4.46. The lowest BCUT2D eigenvalue weighted by Gasteiger charge is -2.14. The molecule has 1 aromatic heterocycles. The molecule has 1 heterocycles. The smallest absolute Gasteiger partial charge is 0.251 e. The minimum absolute atomic E-state index is 0.248. The Hall–Kier alpha value is -3.81. The van der Waals surface area contributed by atoms with Crippen molar-refractivity contribution in [3.05, 3.63) is 71.7 Å². The van der Waals surface area contributed by atoms with Gasteiger partial charge in [0.15, 0.2) is 11.5 Å². The highest BCUT2D eigenvalue weighted by molar-refractivity contribution is 5.95. The van der Waals surface area contributed by atoms with E-state index in [1.807, 2.05) is 0 Å². The van der Waals surface area contributed by atoms with E-state index in [1.54, 1.807) is 30.5 Å². The van der Waals surface area contributed by atoms with Crippen LogP contribution in [-0.2, 0) is 6.54 Å². The zero-order valence-electron chi connectivity index (χ0n) is 16.8. The summed E-state index contributed by atoms with van der Waals surface area (Å²) in [5.74, 6) is 1.32. The predicted molar refractivity (Wildman–Crippen MR) is 108 cm³/mol. The van der Waals surface area contributed by atoms with E-state index >= 15 is 0 Å². The van der Waals surface area contributed by atoms with Gasteiger partial charge in [0.2, 0.25) is 11.6 Å². The van der Waals surface area contributed by atoms with Crippen molar-refractivity contribution in [2.24, 2.45) is 0 Å². The number of nitrogens with zero attached hydrogens (tertiary/aromatic N) is 1. The maximum atomic E-state index is 13.0. The quantitative estimate of drug-likeness (QED) is 0.603. The molecule has 3 aromatic rings. The fraction of sp³-hybridized carbons (Fsp3) is 0.182. The normalized spacial score (nSPS) is 10.3. The molecular formula is C22H21FN2O5. The minimum atomic E-state index is -0.349. The average Bonchev–Trinajstić information content (AvgIpc) is 2.78. The van der Waals surface area contributed by atoms with Crippen molar-refractivity contribution in [3.8, 4) is 28.9 Å². The maximum Gasteiger partial charge on any atom is 0.251 e. The van der Waals surface area contributed by atoms with E-state index in [9.17, 15) is 9.18 Å². The molecular weight excluding hydrogens is 391 g/mol. The Morgan fingerprint density at radius 1 is 0.967 bits per heavy atom. The molecule has 0 radical (unpaired) electrons. The molecule has 1 amide bonds. The average molecular weight is 412 g/mol. The van der Waals surface area contributed by atoms with Crippen LogP contribution >= 0.6 is 0 Å². The van der Waals surface area contributed by atoms with Gasteiger partial charge in [0, 0.05) is 24.4 Å². The fourth-order valence-electron chi connectivity index (χ4n) is 2.74. The Labute approximate surface area is 173 Å². The fourth-order valence-corrected chi connectivity index (χ4v) is 2.74. The molecule has 0 saturated heterocycles. The molecule has 0 aliphatic rings. The van der Waals surface area contributed by atoms with Crippen LogP contribution in [0.25, 0.3) is 0 Å². The topological polar surface area (TPSA) is 78.9 Å². The van der Waals surface area contributed by atoms with Crippen molar-refractivity contribution in [2.45, 2.75) is 6.54 Å². The Balaban J connectivity index is 1.69. The molecule has 0 fully saturated rings. The lowest BCUT2D eigenvalue weighted by molar-refractivity contribution is 0.0950. The summed E-state index contributed by atoms with van der Waals surface area (Å²) in [5.41, 5.74) is 1.14. The molecule has 2 aromatic carbocycles. The van der Waals surface area contributed by atoms with Gasteiger partial charge in [-0.25, -0.2) is 9.37 Å². The van der Waals surface area contributed by atoms with E-state index < -0.39 is 0 Å². The van der Waals surface area contributed by atoms with E-state index in [4.69, 9.17) is 18.9 Å². The number of hydrogen-bond donors (Lipinski definition) is 1. The van der Waals surface area contributed by atoms with Crippen LogP contribution in [0, 0.1) is 5.82 Å². The number of hydrogen-bond acceptors (Lipinski definition) is 6. The first-order valence-electron chi connectivity index (χ1n) is 9.00. The van der Waals surface area contributed by atoms with Gasteiger partial charge in [-0.05, 0) is 48.0 Å². The number of pyridine rings is 1. The molecule has 1 N–H and O–H groups in total. The molecule has 30 heavy (non-hydrogen) atoms. The van der Waals surface area contributed by atoms with Gasteiger partial charge in [0.25, 0.3) is 5.91 Å². The summed E-state index contributed by atoms with van der Waals surface area (Å²) in [6, 6.07) is 12.2. The van der Waals surface area contributed by atoms with Gasteiger partial charge in [-0.2, -0.15) is 0 Å². The second kappa shape index (κ2) is 9.60. The highest BCUT2D eigenvalue weighted by atomic mass is 19.1. The first-order chi connectivity index (χ1) is 14.5. The third-order valence-corrected chi connectivity index (χ3v) is 4.22. The monoisotopic (exact) mass is 412 g/mol. The summed E-state index contributed by atoms with van der Waals surface area (Å²) in [6.45, 7) is 0.248. The summed E-state index contributed by atoms with van der Waals surface area (Å²) in [6.07, 6.45) is 1.57. The lowest BCUT2D eigenvalue weighted by atomic mass is 10.1. The molecule has 0 aliphatic carbocycles. The Morgan fingerprint density at radius 3 is 2.23 bits per heavy atom. The van der Waals surface area contributed by atoms with Crippen LogP contribution in [0.1, 0.15) is 15.9 Å². The number of methoxy groups -OCH3 is 3. The Bertz CT molecular complexity index is 999. The van der Waals surface area contributed by atoms with Crippen molar-refractivity contribution in [1.29, 1.82) is 0 Å². The highest BCUT2D eigenvalue weighted by Crippen LogP contribution is 2.38. The summed E-state index contributed by atoms with van der Waals surface area (Å²) >= 11 is 0. The van der Waals surface area contributed by atoms with E-state index in [0.717, 1.165) is 5.56 Å². The second-order valence-corrected chi connectivity index (χ2v) is 6.16. The molecule has 0 spiro atoms. The van der Waals surface area contributed by atoms with Gasteiger partial charge in [0.1, 0.15) is 11.6 Å². The standard InChI is InChI=1S/C22H21FN2O5/c1-27-18-11-15(12-19(28-2)21(18)29-3)22(26)25-13-14-8-9-24-20(10-14)30-17-6-4-16(23)5-7-17/h4-12H,13H2,1-3H3,(H,25,26). The lowest BCUT2D eigenvalue weighted by Crippen LogP contribution is -2.23. The third-order valence-electron chi connectivity index (χ3n) is 4.22. The first kappa shape index (κ1) is 20.9. The van der Waals surface area contributed by atoms with E-state index in [0.29, 0.717) is 34.4 Å². The van der Waals surface area contributed by atoms with Crippen LogP contribution in [0.5, 0.6) is 28.9 Å². The first-order valence-corrected chi connectivity index (χ1v) is 9.00. The van der Waals surface area contributed by atoms with Crippen molar-refractivity contribution in [1.82, 2.24) is 10.3 Å². The van der Waals surface area contributed by atoms with Crippen molar-refractivity contribution in [3.63, 3.8) is 0 Å². The number of rotatable bonds is 8. The van der Waals surface area contributed by atoms with Crippen LogP contribution < -0.4 is 24.3 Å². The number of halogens is 1. The van der Waals surface area contributed by atoms with Gasteiger partial charge < -0.3 is 24.3 Å². The van der Waals surface area contributed by atoms with Gasteiger partial charge in [-0.3, -0.25) is 4.79 Å². The van der Waals surface area contributed by atoms with Gasteiger partial charge in [0.05, 0.1) is 21.3 Å². The van der Waals surface area contributed by atoms with Crippen LogP contribution in [0.15, 0.2) is 54.7 Å². The minimum Gasteiger partial charge on any atom is -0.493 e. The van der Waals surface area contributed by atoms with Crippen molar-refractivity contribution >= 4 is 5.91 Å². The van der Waals surface area contributed by atoms with Crippen molar-refractivity contribution in [2.75, 3.05) is 21.3 Å². The largest absolute Gasteiger partial charge is 0.493 e. The summed E-state index contributed by atoms with van der Waals surface area (Å²) < 4.78 is 34.4. The van der Waals surface area contributed by atoms with E-state index in [1.165, 1.54) is 45.6 Å². The zero-order valence-corrected chi connectivity index (χ0v) is 16.8. The number of carbonyl (C=O) groups excluding carboxylic acids is 1. The molecule has 0 unspecified atom stereocenters. The Kier molecular flexibility index (Phi) is 6.69. The van der Waals surface area contributed by atoms with Crippen LogP contribution in [0.2, 0.25) is 0 Å². The number of aromatic nitrogens is 1. The summed E-state index contributed by atoms with van der Waals surface area (Å²) in [5, 5.41) is 2.83. The molecule has 0 saturated carbocycles. The predicted octanol–water partition coefficient (Wildman–Crippen LogP) is 3.97. The summed E-state index contributed by atoms with van der Waals surface area (Å²) in [4.78, 5) is 16.7. The van der Waals surface area contributed by atoms with Gasteiger partial charge in [-0.15, -0.1) is 0 Å². The number of ether oxygens (including phenoxy) is 4. The number of nitrogens with one attached hydrogen (secondary N) is 1. The highest BCUT2D eigenvalue weighted by Gasteiger charge is 2.17. The number of benzene rings is 2. The molecule has 0 aliphatic heterocycles. The maximum absolute atomic E-state index is 13.0.